The van der Waals surface area contributed by atoms with Crippen LogP contribution in [0.25, 0.3) is 0 Å². The first-order chi connectivity index (χ1) is 10.5. The third kappa shape index (κ3) is 4.17. The van der Waals surface area contributed by atoms with Gasteiger partial charge in [0, 0.05) is 18.1 Å². The van der Waals surface area contributed by atoms with Crippen LogP contribution < -0.4 is 10.6 Å². The Balaban J connectivity index is 1.91. The molecule has 134 valence electrons. The molecule has 0 radical (unpaired) electrons. The number of aliphatic hydroxyl groups is 1. The van der Waals surface area contributed by atoms with Crippen molar-refractivity contribution in [2.75, 3.05) is 6.61 Å². The van der Waals surface area contributed by atoms with E-state index in [2.05, 4.69) is 24.5 Å². The molecule has 0 spiro atoms. The lowest BCUT2D eigenvalue weighted by molar-refractivity contribution is -0.103. The van der Waals surface area contributed by atoms with Crippen LogP contribution in [0.4, 0.5) is 4.79 Å². The van der Waals surface area contributed by atoms with Gasteiger partial charge in [0.05, 0.1) is 24.3 Å². The van der Waals surface area contributed by atoms with Crippen molar-refractivity contribution < 1.29 is 19.4 Å². The second-order valence-electron chi connectivity index (χ2n) is 8.30. The highest BCUT2D eigenvalue weighted by atomic mass is 16.6. The molecule has 1 amide bonds. The van der Waals surface area contributed by atoms with Crippen LogP contribution in [0.15, 0.2) is 0 Å². The van der Waals surface area contributed by atoms with Crippen molar-refractivity contribution in [3.63, 3.8) is 0 Å². The smallest absolute Gasteiger partial charge is 0.407 e. The largest absolute Gasteiger partial charge is 0.444 e. The molecule has 0 aromatic carbocycles. The highest BCUT2D eigenvalue weighted by Crippen LogP contribution is 2.42. The highest BCUT2D eigenvalue weighted by molar-refractivity contribution is 5.68. The Morgan fingerprint density at radius 2 is 1.96 bits per heavy atom. The Morgan fingerprint density at radius 3 is 2.43 bits per heavy atom. The predicted molar refractivity (Wildman–Crippen MR) is 88.3 cm³/mol. The predicted octanol–water partition coefficient (Wildman–Crippen LogP) is 1.81. The van der Waals surface area contributed by atoms with Gasteiger partial charge >= 0.3 is 6.09 Å². The molecule has 2 fully saturated rings. The van der Waals surface area contributed by atoms with Gasteiger partial charge in [0.2, 0.25) is 0 Å². The summed E-state index contributed by atoms with van der Waals surface area (Å²) in [5, 5.41) is 16.4. The average Bonchev–Trinajstić information content (AvgIpc) is 2.39. The Bertz CT molecular complexity index is 433. The third-order valence-electron chi connectivity index (χ3n) is 5.01. The lowest BCUT2D eigenvalue weighted by Gasteiger charge is -2.55. The molecule has 6 nitrogen and oxygen atoms in total. The van der Waals surface area contributed by atoms with E-state index in [4.69, 9.17) is 9.47 Å². The van der Waals surface area contributed by atoms with Crippen LogP contribution >= 0.6 is 0 Å². The van der Waals surface area contributed by atoms with Gasteiger partial charge in [-0.25, -0.2) is 4.79 Å². The molecular formula is C17H32N2O4. The minimum Gasteiger partial charge on any atom is -0.444 e. The van der Waals surface area contributed by atoms with Crippen molar-refractivity contribution in [1.29, 1.82) is 0 Å². The zero-order valence-corrected chi connectivity index (χ0v) is 15.2. The van der Waals surface area contributed by atoms with E-state index in [-0.39, 0.29) is 35.7 Å². The second-order valence-corrected chi connectivity index (χ2v) is 8.30. The van der Waals surface area contributed by atoms with Crippen molar-refractivity contribution in [1.82, 2.24) is 10.6 Å². The summed E-state index contributed by atoms with van der Waals surface area (Å²) in [4.78, 5) is 12.0. The fourth-order valence-electron chi connectivity index (χ4n) is 3.24. The number of rotatable bonds is 5. The molecule has 0 saturated heterocycles. The molecule has 5 unspecified atom stereocenters. The number of hydrogen-bond donors (Lipinski definition) is 3. The molecule has 2 aliphatic rings. The van der Waals surface area contributed by atoms with E-state index < -0.39 is 11.7 Å². The number of nitrogens with one attached hydrogen (secondary N) is 2. The van der Waals surface area contributed by atoms with Gasteiger partial charge in [-0.1, -0.05) is 13.8 Å². The minimum atomic E-state index is -0.504. The standard InChI is InChI=1S/C17H32N2O4/c1-7-22-11-8-10(18-15(21)23-16(2,3)4)14(11)19-12-9-13(20)17(12,5)6/h10-14,19-20H,7-9H2,1-6H3,(H,18,21). The topological polar surface area (TPSA) is 79.8 Å². The number of amides is 1. The van der Waals surface area contributed by atoms with Crippen molar-refractivity contribution >= 4 is 6.09 Å². The van der Waals surface area contributed by atoms with Gasteiger partial charge in [-0.3, -0.25) is 0 Å². The zero-order valence-electron chi connectivity index (χ0n) is 15.2. The maximum Gasteiger partial charge on any atom is 0.407 e. The van der Waals surface area contributed by atoms with Gasteiger partial charge in [-0.2, -0.15) is 0 Å². The molecule has 0 bridgehead atoms. The van der Waals surface area contributed by atoms with E-state index in [1.807, 2.05) is 27.7 Å². The quantitative estimate of drug-likeness (QED) is 0.717. The molecule has 2 saturated carbocycles. The van der Waals surface area contributed by atoms with E-state index in [1.54, 1.807) is 0 Å². The molecule has 3 N–H and O–H groups in total. The van der Waals surface area contributed by atoms with Crippen LogP contribution in [-0.2, 0) is 9.47 Å². The molecule has 2 aliphatic carbocycles. The SMILES string of the molecule is CCOC1CC(NC(=O)OC(C)(C)C)C1NC1CC(O)C1(C)C. The van der Waals surface area contributed by atoms with Gasteiger partial charge in [-0.15, -0.1) is 0 Å². The Hall–Kier alpha value is -0.850. The summed E-state index contributed by atoms with van der Waals surface area (Å²) in [6.45, 7) is 12.3. The Labute approximate surface area is 139 Å². The number of aliphatic hydroxyl groups excluding tert-OH is 1. The molecule has 0 aromatic heterocycles. The second kappa shape index (κ2) is 6.57. The molecule has 0 aromatic rings. The number of alkyl carbamates (subject to hydrolysis) is 1. The summed E-state index contributed by atoms with van der Waals surface area (Å²) >= 11 is 0. The van der Waals surface area contributed by atoms with Crippen molar-refractivity contribution in [2.24, 2.45) is 5.41 Å². The normalized spacial score (nSPS) is 35.9. The van der Waals surface area contributed by atoms with Crippen LogP contribution in [0.3, 0.4) is 0 Å². The van der Waals surface area contributed by atoms with Crippen molar-refractivity contribution in [3.8, 4) is 0 Å². The first-order valence-corrected chi connectivity index (χ1v) is 8.60. The first kappa shape index (κ1) is 18.5. The van der Waals surface area contributed by atoms with Crippen LogP contribution in [-0.4, -0.2) is 53.7 Å². The first-order valence-electron chi connectivity index (χ1n) is 8.60. The maximum atomic E-state index is 12.0. The maximum absolute atomic E-state index is 12.0. The van der Waals surface area contributed by atoms with E-state index in [9.17, 15) is 9.90 Å². The molecule has 0 aliphatic heterocycles. The lowest BCUT2D eigenvalue weighted by Crippen LogP contribution is -2.72. The van der Waals surface area contributed by atoms with E-state index >= 15 is 0 Å². The third-order valence-corrected chi connectivity index (χ3v) is 5.01. The lowest BCUT2D eigenvalue weighted by atomic mass is 9.63. The Morgan fingerprint density at radius 1 is 1.30 bits per heavy atom. The van der Waals surface area contributed by atoms with Crippen LogP contribution in [0.5, 0.6) is 0 Å². The molecule has 0 heterocycles. The zero-order chi connectivity index (χ0) is 17.4. The fourth-order valence-corrected chi connectivity index (χ4v) is 3.24. The highest BCUT2D eigenvalue weighted by Gasteiger charge is 2.52. The summed E-state index contributed by atoms with van der Waals surface area (Å²) in [6.07, 6.45) is 0.940. The molecular weight excluding hydrogens is 296 g/mol. The summed E-state index contributed by atoms with van der Waals surface area (Å²) < 4.78 is 11.1. The van der Waals surface area contributed by atoms with Gasteiger partial charge in [0.1, 0.15) is 5.60 Å². The average molecular weight is 328 g/mol. The van der Waals surface area contributed by atoms with Gasteiger partial charge in [-0.05, 0) is 40.5 Å². The van der Waals surface area contributed by atoms with E-state index in [0.29, 0.717) is 6.61 Å². The van der Waals surface area contributed by atoms with Crippen molar-refractivity contribution in [3.05, 3.63) is 0 Å². The minimum absolute atomic E-state index is 0.00468. The number of carbonyl (C=O) groups excluding carboxylic acids is 1. The van der Waals surface area contributed by atoms with Crippen LogP contribution in [0, 0.1) is 5.41 Å². The van der Waals surface area contributed by atoms with Crippen LogP contribution in [0.1, 0.15) is 54.4 Å². The summed E-state index contributed by atoms with van der Waals surface area (Å²) in [5.41, 5.74) is -0.654. The number of carbonyl (C=O) groups is 1. The van der Waals surface area contributed by atoms with Crippen molar-refractivity contribution in [2.45, 2.75) is 90.3 Å². The monoisotopic (exact) mass is 328 g/mol. The number of hydrogen-bond acceptors (Lipinski definition) is 5. The molecule has 5 atom stereocenters. The molecule has 23 heavy (non-hydrogen) atoms. The molecule has 2 rings (SSSR count). The van der Waals surface area contributed by atoms with E-state index in [1.165, 1.54) is 0 Å². The number of ether oxygens (including phenoxy) is 2. The molecule has 6 heteroatoms. The van der Waals surface area contributed by atoms with Gasteiger partial charge in [0.25, 0.3) is 0 Å². The summed E-state index contributed by atoms with van der Waals surface area (Å²) in [7, 11) is 0. The fraction of sp³-hybridized carbons (Fsp3) is 0.941. The summed E-state index contributed by atoms with van der Waals surface area (Å²) in [5.74, 6) is 0. The van der Waals surface area contributed by atoms with Crippen LogP contribution in [0.2, 0.25) is 0 Å². The van der Waals surface area contributed by atoms with Gasteiger partial charge in [0.15, 0.2) is 0 Å². The Kier molecular flexibility index (Phi) is 5.28. The summed E-state index contributed by atoms with van der Waals surface area (Å²) in [6, 6.07) is 0.280. The van der Waals surface area contributed by atoms with E-state index in [0.717, 1.165) is 12.8 Å². The van der Waals surface area contributed by atoms with Gasteiger partial charge < -0.3 is 25.2 Å².